The molecule has 2 aromatic rings. The highest BCUT2D eigenvalue weighted by Gasteiger charge is 2.29. The standard InChI is InChI=1S/C21H24N4O7S/c26-21(17-3-1-2-4-19(17)25(27)28)22-18-15-16(33(29,30)24-9-13-32-14-10-24)5-6-20(18)23-7-11-31-12-8-23/h1-6,15H,7-14H2,(H,22,26). The molecule has 1 amide bonds. The molecule has 1 N–H and O–H groups in total. The number of hydrogen-bond donors (Lipinski definition) is 1. The summed E-state index contributed by atoms with van der Waals surface area (Å²) in [5.41, 5.74) is 0.428. The molecule has 33 heavy (non-hydrogen) atoms. The highest BCUT2D eigenvalue weighted by atomic mass is 32.2. The van der Waals surface area contributed by atoms with E-state index < -0.39 is 20.9 Å². The third-order valence-electron chi connectivity index (χ3n) is 5.52. The molecular weight excluding hydrogens is 452 g/mol. The monoisotopic (exact) mass is 476 g/mol. The predicted octanol–water partition coefficient (Wildman–Crippen LogP) is 1.70. The van der Waals surface area contributed by atoms with E-state index in [0.717, 1.165) is 0 Å². The average Bonchev–Trinajstić information content (AvgIpc) is 2.85. The summed E-state index contributed by atoms with van der Waals surface area (Å²) in [6, 6.07) is 10.2. The number of sulfonamides is 1. The van der Waals surface area contributed by atoms with Crippen molar-refractivity contribution in [2.24, 2.45) is 0 Å². The number of carbonyl (C=O) groups excluding carboxylic acids is 1. The van der Waals surface area contributed by atoms with Crippen LogP contribution in [0.25, 0.3) is 0 Å². The summed E-state index contributed by atoms with van der Waals surface area (Å²) < 4.78 is 38.3. The van der Waals surface area contributed by atoms with E-state index in [1.807, 2.05) is 4.90 Å². The number of morpholine rings is 2. The molecule has 2 fully saturated rings. The maximum atomic E-state index is 13.2. The maximum Gasteiger partial charge on any atom is 0.282 e. The first-order valence-corrected chi connectivity index (χ1v) is 11.9. The van der Waals surface area contributed by atoms with E-state index in [1.54, 1.807) is 6.07 Å². The maximum absolute atomic E-state index is 13.2. The fourth-order valence-electron chi connectivity index (χ4n) is 3.81. The van der Waals surface area contributed by atoms with Crippen LogP contribution in [-0.2, 0) is 19.5 Å². The van der Waals surface area contributed by atoms with Crippen molar-refractivity contribution in [3.8, 4) is 0 Å². The second-order valence-electron chi connectivity index (χ2n) is 7.52. The molecule has 4 rings (SSSR count). The lowest BCUT2D eigenvalue weighted by Gasteiger charge is -2.31. The van der Waals surface area contributed by atoms with Gasteiger partial charge in [-0.25, -0.2) is 8.42 Å². The number of hydrogen-bond acceptors (Lipinski definition) is 8. The van der Waals surface area contributed by atoms with E-state index in [4.69, 9.17) is 9.47 Å². The Morgan fingerprint density at radius 3 is 2.27 bits per heavy atom. The van der Waals surface area contributed by atoms with Crippen LogP contribution in [0.1, 0.15) is 10.4 Å². The van der Waals surface area contributed by atoms with E-state index in [0.29, 0.717) is 45.2 Å². The Balaban J connectivity index is 1.71. The highest BCUT2D eigenvalue weighted by molar-refractivity contribution is 7.89. The molecule has 2 saturated heterocycles. The summed E-state index contributed by atoms with van der Waals surface area (Å²) in [7, 11) is -3.80. The highest BCUT2D eigenvalue weighted by Crippen LogP contribution is 2.32. The van der Waals surface area contributed by atoms with Crippen molar-refractivity contribution in [2.75, 3.05) is 62.8 Å². The number of carbonyl (C=O) groups is 1. The van der Waals surface area contributed by atoms with Gasteiger partial charge in [-0.3, -0.25) is 14.9 Å². The lowest BCUT2D eigenvalue weighted by atomic mass is 10.1. The number of nitrogens with one attached hydrogen (secondary N) is 1. The van der Waals surface area contributed by atoms with Crippen LogP contribution in [0.15, 0.2) is 47.4 Å². The molecule has 2 aliphatic rings. The molecule has 2 aliphatic heterocycles. The molecule has 2 aromatic carbocycles. The molecule has 0 atom stereocenters. The summed E-state index contributed by atoms with van der Waals surface area (Å²) in [6.07, 6.45) is 0. The fourth-order valence-corrected chi connectivity index (χ4v) is 5.24. The van der Waals surface area contributed by atoms with Gasteiger partial charge in [0.05, 0.1) is 47.6 Å². The van der Waals surface area contributed by atoms with E-state index in [-0.39, 0.29) is 34.9 Å². The van der Waals surface area contributed by atoms with Crippen LogP contribution in [-0.4, -0.2) is 76.2 Å². The van der Waals surface area contributed by atoms with Crippen molar-refractivity contribution >= 4 is 33.0 Å². The lowest BCUT2D eigenvalue weighted by molar-refractivity contribution is -0.385. The van der Waals surface area contributed by atoms with Crippen molar-refractivity contribution in [1.29, 1.82) is 0 Å². The number of nitro groups is 1. The zero-order chi connectivity index (χ0) is 23.4. The van der Waals surface area contributed by atoms with E-state index >= 15 is 0 Å². The van der Waals surface area contributed by atoms with Crippen molar-refractivity contribution < 1.29 is 27.6 Å². The molecule has 0 saturated carbocycles. The number of para-hydroxylation sites is 1. The van der Waals surface area contributed by atoms with Crippen LogP contribution in [0.4, 0.5) is 17.1 Å². The Kier molecular flexibility index (Phi) is 6.88. The summed E-state index contributed by atoms with van der Waals surface area (Å²) in [5, 5.41) is 14.1. The molecular formula is C21H24N4O7S. The number of amides is 1. The Morgan fingerprint density at radius 2 is 1.61 bits per heavy atom. The van der Waals surface area contributed by atoms with Crippen molar-refractivity contribution in [3.05, 3.63) is 58.1 Å². The largest absolute Gasteiger partial charge is 0.379 e. The first-order chi connectivity index (χ1) is 15.9. The molecule has 176 valence electrons. The zero-order valence-electron chi connectivity index (χ0n) is 17.8. The number of anilines is 2. The van der Waals surface area contributed by atoms with Crippen LogP contribution in [0.2, 0.25) is 0 Å². The molecule has 0 radical (unpaired) electrons. The Bertz CT molecular complexity index is 1140. The summed E-state index contributed by atoms with van der Waals surface area (Å²) in [5.74, 6) is -0.697. The second kappa shape index (κ2) is 9.83. The number of nitrogens with zero attached hydrogens (tertiary/aromatic N) is 3. The van der Waals surface area contributed by atoms with Gasteiger partial charge in [0.1, 0.15) is 5.56 Å². The van der Waals surface area contributed by atoms with Crippen molar-refractivity contribution in [1.82, 2.24) is 4.31 Å². The first kappa shape index (κ1) is 23.1. The Hall–Kier alpha value is -3.06. The molecule has 0 spiro atoms. The zero-order valence-corrected chi connectivity index (χ0v) is 18.6. The molecule has 0 unspecified atom stereocenters. The quantitative estimate of drug-likeness (QED) is 0.492. The number of ether oxygens (including phenoxy) is 2. The number of nitro benzene ring substituents is 1. The van der Waals surface area contributed by atoms with Crippen molar-refractivity contribution in [3.63, 3.8) is 0 Å². The van der Waals surface area contributed by atoms with Gasteiger partial charge in [-0.2, -0.15) is 4.31 Å². The second-order valence-corrected chi connectivity index (χ2v) is 9.46. The van der Waals surface area contributed by atoms with Crippen molar-refractivity contribution in [2.45, 2.75) is 4.90 Å². The molecule has 0 aromatic heterocycles. The van der Waals surface area contributed by atoms with Crippen LogP contribution in [0.3, 0.4) is 0 Å². The first-order valence-electron chi connectivity index (χ1n) is 10.5. The SMILES string of the molecule is O=C(Nc1cc(S(=O)(=O)N2CCOCC2)ccc1N1CCOCC1)c1ccccc1[N+](=O)[O-]. The van der Waals surface area contributed by atoms with E-state index in [1.165, 1.54) is 40.7 Å². The lowest BCUT2D eigenvalue weighted by Crippen LogP contribution is -2.40. The molecule has 12 heteroatoms. The summed E-state index contributed by atoms with van der Waals surface area (Å²) in [4.78, 5) is 25.7. The van der Waals surface area contributed by atoms with Gasteiger partial charge in [-0.1, -0.05) is 12.1 Å². The minimum Gasteiger partial charge on any atom is -0.379 e. The van der Waals surface area contributed by atoms with Crippen LogP contribution < -0.4 is 10.2 Å². The predicted molar refractivity (Wildman–Crippen MR) is 120 cm³/mol. The van der Waals surface area contributed by atoms with Gasteiger partial charge in [-0.15, -0.1) is 0 Å². The van der Waals surface area contributed by atoms with Gasteiger partial charge in [0.2, 0.25) is 10.0 Å². The average molecular weight is 477 g/mol. The normalized spacial score (nSPS) is 17.5. The number of benzene rings is 2. The van der Waals surface area contributed by atoms with Crippen LogP contribution in [0.5, 0.6) is 0 Å². The molecule has 11 nitrogen and oxygen atoms in total. The summed E-state index contributed by atoms with van der Waals surface area (Å²) >= 11 is 0. The topological polar surface area (TPSA) is 131 Å². The smallest absolute Gasteiger partial charge is 0.282 e. The Morgan fingerprint density at radius 1 is 0.970 bits per heavy atom. The third-order valence-corrected chi connectivity index (χ3v) is 7.42. The molecule has 2 heterocycles. The summed E-state index contributed by atoms with van der Waals surface area (Å²) in [6.45, 7) is 3.21. The Labute approximate surface area is 191 Å². The third kappa shape index (κ3) is 4.98. The minimum atomic E-state index is -3.80. The van der Waals surface area contributed by atoms with Gasteiger partial charge < -0.3 is 19.7 Å². The van der Waals surface area contributed by atoms with Gasteiger partial charge >= 0.3 is 0 Å². The van der Waals surface area contributed by atoms with Gasteiger partial charge in [0, 0.05) is 32.2 Å². The van der Waals surface area contributed by atoms with E-state index in [9.17, 15) is 23.3 Å². The van der Waals surface area contributed by atoms with Crippen LogP contribution in [0, 0.1) is 10.1 Å². The van der Waals surface area contributed by atoms with E-state index in [2.05, 4.69) is 5.32 Å². The van der Waals surface area contributed by atoms with Gasteiger partial charge in [0.15, 0.2) is 0 Å². The van der Waals surface area contributed by atoms with Gasteiger partial charge in [0.25, 0.3) is 11.6 Å². The van der Waals surface area contributed by atoms with Crippen LogP contribution >= 0.6 is 0 Å². The molecule has 0 bridgehead atoms. The molecule has 0 aliphatic carbocycles. The number of rotatable bonds is 6. The minimum absolute atomic E-state index is 0.0271. The fraction of sp³-hybridized carbons (Fsp3) is 0.381. The van der Waals surface area contributed by atoms with Gasteiger partial charge in [-0.05, 0) is 24.3 Å².